The van der Waals surface area contributed by atoms with Gasteiger partial charge < -0.3 is 20.3 Å². The van der Waals surface area contributed by atoms with Gasteiger partial charge in [0.1, 0.15) is 5.76 Å². The molecule has 0 aliphatic rings. The van der Waals surface area contributed by atoms with E-state index in [9.17, 15) is 14.4 Å². The van der Waals surface area contributed by atoms with Crippen LogP contribution in [0.3, 0.4) is 0 Å². The largest absolute Gasteiger partial charge is 0.481 e. The van der Waals surface area contributed by atoms with E-state index in [-0.39, 0.29) is 30.4 Å². The molecule has 0 aliphatic carbocycles. The van der Waals surface area contributed by atoms with Crippen LogP contribution in [0.15, 0.2) is 39.8 Å². The Hall–Kier alpha value is -2.81. The molecule has 0 bridgehead atoms. The van der Waals surface area contributed by atoms with Crippen LogP contribution >= 0.6 is 11.8 Å². The number of nitrogens with zero attached hydrogens (tertiary/aromatic N) is 1. The monoisotopic (exact) mass is 363 g/mol. The van der Waals surface area contributed by atoms with Gasteiger partial charge >= 0.3 is 5.97 Å². The maximum atomic E-state index is 11.9. The molecule has 8 nitrogen and oxygen atoms in total. The van der Waals surface area contributed by atoms with Crippen LogP contribution < -0.4 is 10.6 Å². The fraction of sp³-hybridized carbons (Fsp3) is 0.250. The first kappa shape index (κ1) is 18.5. The van der Waals surface area contributed by atoms with Crippen molar-refractivity contribution in [2.45, 2.75) is 24.7 Å². The molecular formula is C16H17N3O5S. The maximum Gasteiger partial charge on any atom is 0.303 e. The topological polar surface area (TPSA) is 122 Å². The quantitative estimate of drug-likeness (QED) is 0.616. The summed E-state index contributed by atoms with van der Waals surface area (Å²) >= 11 is 1.30. The minimum Gasteiger partial charge on any atom is -0.481 e. The number of aliphatic carboxylic acids is 1. The Morgan fingerprint density at radius 2 is 1.96 bits per heavy atom. The smallest absolute Gasteiger partial charge is 0.303 e. The van der Waals surface area contributed by atoms with Crippen LogP contribution in [0.5, 0.6) is 0 Å². The van der Waals surface area contributed by atoms with Crippen molar-refractivity contribution in [3.05, 3.63) is 36.1 Å². The van der Waals surface area contributed by atoms with E-state index in [1.165, 1.54) is 11.8 Å². The van der Waals surface area contributed by atoms with Crippen LogP contribution in [0.25, 0.3) is 0 Å². The molecule has 2 amide bonds. The molecule has 0 radical (unpaired) electrons. The van der Waals surface area contributed by atoms with Crippen LogP contribution in [0.4, 0.5) is 11.5 Å². The second-order valence-corrected chi connectivity index (χ2v) is 6.18. The van der Waals surface area contributed by atoms with E-state index in [0.29, 0.717) is 17.3 Å². The van der Waals surface area contributed by atoms with Crippen molar-refractivity contribution in [1.82, 2.24) is 5.16 Å². The molecule has 2 aromatic rings. The van der Waals surface area contributed by atoms with E-state index in [2.05, 4.69) is 15.8 Å². The summed E-state index contributed by atoms with van der Waals surface area (Å²) in [6.45, 7) is 1.73. The molecule has 0 saturated carbocycles. The third-order valence-electron chi connectivity index (χ3n) is 2.95. The van der Waals surface area contributed by atoms with Gasteiger partial charge in [0.15, 0.2) is 5.82 Å². The number of benzene rings is 1. The molecule has 0 fully saturated rings. The molecule has 9 heteroatoms. The van der Waals surface area contributed by atoms with Gasteiger partial charge in [-0.2, -0.15) is 0 Å². The summed E-state index contributed by atoms with van der Waals surface area (Å²) in [6.07, 6.45) is -0.311. The molecule has 3 N–H and O–H groups in total. The highest BCUT2D eigenvalue weighted by Gasteiger charge is 2.09. The molecule has 1 heterocycles. The zero-order valence-corrected chi connectivity index (χ0v) is 14.3. The number of hydrogen-bond acceptors (Lipinski definition) is 6. The fourth-order valence-corrected chi connectivity index (χ4v) is 2.62. The van der Waals surface area contributed by atoms with Crippen LogP contribution in [0.2, 0.25) is 0 Å². The number of carboxylic acid groups (broad SMARTS) is 1. The molecule has 2 rings (SSSR count). The molecule has 1 aromatic heterocycles. The Balaban J connectivity index is 1.83. The predicted molar refractivity (Wildman–Crippen MR) is 92.5 cm³/mol. The molecular weight excluding hydrogens is 346 g/mol. The van der Waals surface area contributed by atoms with Crippen LogP contribution in [0.1, 0.15) is 18.6 Å². The average molecular weight is 363 g/mol. The third kappa shape index (κ3) is 6.68. The lowest BCUT2D eigenvalue weighted by Gasteiger charge is -2.07. The molecule has 0 spiro atoms. The lowest BCUT2D eigenvalue weighted by molar-refractivity contribution is -0.138. The van der Waals surface area contributed by atoms with Crippen LogP contribution in [-0.4, -0.2) is 33.8 Å². The second-order valence-electron chi connectivity index (χ2n) is 5.13. The summed E-state index contributed by atoms with van der Waals surface area (Å²) in [7, 11) is 0. The number of rotatable bonds is 8. The number of aromatic nitrogens is 1. The summed E-state index contributed by atoms with van der Waals surface area (Å²) in [6, 6.07) is 8.59. The average Bonchev–Trinajstić information content (AvgIpc) is 2.96. The number of aryl methyl sites for hydroxylation is 1. The first-order valence-corrected chi connectivity index (χ1v) is 8.38. The molecule has 0 saturated heterocycles. The highest BCUT2D eigenvalue weighted by atomic mass is 32.2. The van der Waals surface area contributed by atoms with Crippen molar-refractivity contribution in [2.24, 2.45) is 0 Å². The van der Waals surface area contributed by atoms with Gasteiger partial charge in [0.05, 0.1) is 12.2 Å². The summed E-state index contributed by atoms with van der Waals surface area (Å²) in [5.74, 6) is -0.481. The zero-order chi connectivity index (χ0) is 18.2. The summed E-state index contributed by atoms with van der Waals surface area (Å²) < 4.78 is 4.87. The zero-order valence-electron chi connectivity index (χ0n) is 13.4. The van der Waals surface area contributed by atoms with Gasteiger partial charge in [0, 0.05) is 23.1 Å². The third-order valence-corrected chi connectivity index (χ3v) is 3.94. The van der Waals surface area contributed by atoms with Crippen LogP contribution in [-0.2, 0) is 14.4 Å². The Morgan fingerprint density at radius 1 is 1.16 bits per heavy atom. The standard InChI is InChI=1S/C16H17N3O5S/c1-10-7-13(19-24-10)18-15(21)9-25-12-4-2-3-11(8-12)17-14(20)5-6-16(22)23/h2-4,7-8H,5-6,9H2,1H3,(H,17,20)(H,22,23)(H,18,19,21). The predicted octanol–water partition coefficient (Wildman–Crippen LogP) is 2.52. The van der Waals surface area contributed by atoms with E-state index in [0.717, 1.165) is 4.90 Å². The van der Waals surface area contributed by atoms with Crippen molar-refractivity contribution in [1.29, 1.82) is 0 Å². The number of carbonyl (C=O) groups excluding carboxylic acids is 2. The van der Waals surface area contributed by atoms with Gasteiger partial charge in [-0.05, 0) is 25.1 Å². The van der Waals surface area contributed by atoms with E-state index >= 15 is 0 Å². The highest BCUT2D eigenvalue weighted by molar-refractivity contribution is 8.00. The maximum absolute atomic E-state index is 11.9. The molecule has 0 aliphatic heterocycles. The number of nitrogens with one attached hydrogen (secondary N) is 2. The lowest BCUT2D eigenvalue weighted by atomic mass is 10.2. The second kappa shape index (κ2) is 8.88. The highest BCUT2D eigenvalue weighted by Crippen LogP contribution is 2.22. The summed E-state index contributed by atoms with van der Waals surface area (Å²) in [5, 5.41) is 17.5. The van der Waals surface area contributed by atoms with Crippen molar-refractivity contribution in [3.8, 4) is 0 Å². The van der Waals surface area contributed by atoms with E-state index in [4.69, 9.17) is 9.63 Å². The van der Waals surface area contributed by atoms with Gasteiger partial charge in [-0.1, -0.05) is 11.2 Å². The van der Waals surface area contributed by atoms with Gasteiger partial charge in [-0.15, -0.1) is 11.8 Å². The first-order valence-electron chi connectivity index (χ1n) is 7.40. The minimum absolute atomic E-state index is 0.0910. The van der Waals surface area contributed by atoms with E-state index in [1.54, 1.807) is 31.2 Å². The minimum atomic E-state index is -1.02. The van der Waals surface area contributed by atoms with E-state index < -0.39 is 5.97 Å². The van der Waals surface area contributed by atoms with Gasteiger partial charge in [-0.3, -0.25) is 14.4 Å². The molecule has 132 valence electrons. The van der Waals surface area contributed by atoms with Gasteiger partial charge in [0.25, 0.3) is 0 Å². The van der Waals surface area contributed by atoms with Crippen molar-refractivity contribution in [2.75, 3.05) is 16.4 Å². The Bertz CT molecular complexity index is 775. The summed E-state index contributed by atoms with van der Waals surface area (Å²) in [5.41, 5.74) is 0.549. The lowest BCUT2D eigenvalue weighted by Crippen LogP contribution is -2.14. The van der Waals surface area contributed by atoms with Crippen molar-refractivity contribution in [3.63, 3.8) is 0 Å². The molecule has 0 unspecified atom stereocenters. The van der Waals surface area contributed by atoms with E-state index in [1.807, 2.05) is 6.07 Å². The number of hydrogen-bond donors (Lipinski definition) is 3. The number of carboxylic acids is 1. The van der Waals surface area contributed by atoms with Crippen LogP contribution in [0, 0.1) is 6.92 Å². The molecule has 1 aromatic carbocycles. The first-order chi connectivity index (χ1) is 11.9. The Labute approximate surface area is 148 Å². The van der Waals surface area contributed by atoms with Crippen molar-refractivity contribution >= 4 is 41.1 Å². The number of carbonyl (C=O) groups is 3. The number of amides is 2. The van der Waals surface area contributed by atoms with Gasteiger partial charge in [-0.25, -0.2) is 0 Å². The Morgan fingerprint density at radius 3 is 2.64 bits per heavy atom. The van der Waals surface area contributed by atoms with Crippen molar-refractivity contribution < 1.29 is 24.0 Å². The number of thioether (sulfide) groups is 1. The fourth-order valence-electron chi connectivity index (χ4n) is 1.86. The number of anilines is 2. The van der Waals surface area contributed by atoms with Gasteiger partial charge in [0.2, 0.25) is 11.8 Å². The summed E-state index contributed by atoms with van der Waals surface area (Å²) in [4.78, 5) is 34.8. The molecule has 25 heavy (non-hydrogen) atoms. The normalized spacial score (nSPS) is 10.3. The SMILES string of the molecule is Cc1cc(NC(=O)CSc2cccc(NC(=O)CCC(=O)O)c2)no1. The Kier molecular flexibility index (Phi) is 6.58. The molecule has 0 atom stereocenters.